The molecule has 2 unspecified atom stereocenters. The summed E-state index contributed by atoms with van der Waals surface area (Å²) in [5.41, 5.74) is 0.917. The van der Waals surface area contributed by atoms with Crippen LogP contribution in [0.2, 0.25) is 0 Å². The molecule has 0 aliphatic carbocycles. The summed E-state index contributed by atoms with van der Waals surface area (Å²) in [6.45, 7) is 3.27. The number of alkyl carbamates (subject to hydrolysis) is 2. The van der Waals surface area contributed by atoms with Crippen LogP contribution in [0.1, 0.15) is 19.4 Å². The Kier molecular flexibility index (Phi) is 16.3. The van der Waals surface area contributed by atoms with E-state index in [-0.39, 0.29) is 12.4 Å². The summed E-state index contributed by atoms with van der Waals surface area (Å²) in [5, 5.41) is 13.7. The standard InChI is InChI=1S/C12H16O3.2C3H7NO2/c1-9(13)10(2)15-12(14)8-11-6-4-3-5-7-11;2*1-4-3(5)6-2/h3-7,9-10,13H,8H2,1-2H3;2*1-2H3,(H,4,5). The van der Waals surface area contributed by atoms with E-state index >= 15 is 0 Å². The van der Waals surface area contributed by atoms with Gasteiger partial charge in [-0.2, -0.15) is 0 Å². The van der Waals surface area contributed by atoms with Crippen LogP contribution in [0.15, 0.2) is 30.3 Å². The van der Waals surface area contributed by atoms with E-state index in [1.54, 1.807) is 13.8 Å². The highest BCUT2D eigenvalue weighted by Gasteiger charge is 2.14. The number of carbonyl (C=O) groups excluding carboxylic acids is 3. The maximum absolute atomic E-state index is 11.4. The molecule has 1 aromatic rings. The lowest BCUT2D eigenvalue weighted by Gasteiger charge is -2.15. The summed E-state index contributed by atoms with van der Waals surface area (Å²) in [6, 6.07) is 9.39. The number of esters is 1. The summed E-state index contributed by atoms with van der Waals surface area (Å²) >= 11 is 0. The van der Waals surface area contributed by atoms with Crippen molar-refractivity contribution in [3.63, 3.8) is 0 Å². The van der Waals surface area contributed by atoms with Gasteiger partial charge in [-0.05, 0) is 19.4 Å². The summed E-state index contributed by atoms with van der Waals surface area (Å²) in [6.07, 6.45) is -1.66. The van der Waals surface area contributed by atoms with Crippen molar-refractivity contribution in [1.82, 2.24) is 10.6 Å². The molecule has 1 rings (SSSR count). The molecular formula is C18H30N2O7. The van der Waals surface area contributed by atoms with Gasteiger partial charge in [-0.25, -0.2) is 9.59 Å². The van der Waals surface area contributed by atoms with Crippen molar-refractivity contribution in [3.05, 3.63) is 35.9 Å². The SMILES string of the molecule is CC(O)C(C)OC(=O)Cc1ccccc1.CNC(=O)OC.CNC(=O)OC. The Balaban J connectivity index is 0. The van der Waals surface area contributed by atoms with Crippen molar-refractivity contribution in [2.24, 2.45) is 0 Å². The minimum atomic E-state index is -0.635. The first-order valence-corrected chi connectivity index (χ1v) is 8.14. The number of amides is 2. The molecule has 9 nitrogen and oxygen atoms in total. The molecule has 0 aliphatic rings. The van der Waals surface area contributed by atoms with Crippen molar-refractivity contribution in [1.29, 1.82) is 0 Å². The van der Waals surface area contributed by atoms with Crippen molar-refractivity contribution in [2.75, 3.05) is 28.3 Å². The normalized spacial score (nSPS) is 11.1. The van der Waals surface area contributed by atoms with Gasteiger partial charge in [0.25, 0.3) is 0 Å². The molecule has 0 aromatic heterocycles. The number of aliphatic hydroxyl groups is 1. The van der Waals surface area contributed by atoms with Crippen LogP contribution in [-0.4, -0.2) is 63.8 Å². The first-order valence-electron chi connectivity index (χ1n) is 8.14. The van der Waals surface area contributed by atoms with Crippen molar-refractivity contribution in [3.8, 4) is 0 Å². The number of carbonyl (C=O) groups is 3. The maximum atomic E-state index is 11.4. The lowest BCUT2D eigenvalue weighted by atomic mass is 10.1. The largest absolute Gasteiger partial charge is 0.460 e. The molecule has 0 spiro atoms. The van der Waals surface area contributed by atoms with E-state index in [0.717, 1.165) is 5.56 Å². The molecule has 0 saturated carbocycles. The van der Waals surface area contributed by atoms with Crippen LogP contribution in [0.25, 0.3) is 0 Å². The Morgan fingerprint density at radius 2 is 1.41 bits per heavy atom. The van der Waals surface area contributed by atoms with Crippen LogP contribution in [0.5, 0.6) is 0 Å². The molecule has 3 N–H and O–H groups in total. The lowest BCUT2D eigenvalue weighted by Crippen LogP contribution is -2.26. The molecule has 154 valence electrons. The van der Waals surface area contributed by atoms with E-state index in [1.807, 2.05) is 30.3 Å². The van der Waals surface area contributed by atoms with Gasteiger partial charge in [0.05, 0.1) is 26.7 Å². The number of benzene rings is 1. The van der Waals surface area contributed by atoms with Crippen LogP contribution < -0.4 is 10.6 Å². The Bertz CT molecular complexity index is 508. The summed E-state index contributed by atoms with van der Waals surface area (Å²) < 4.78 is 13.3. The molecule has 0 saturated heterocycles. The maximum Gasteiger partial charge on any atom is 0.406 e. The van der Waals surface area contributed by atoms with E-state index in [2.05, 4.69) is 20.1 Å². The molecule has 1 aromatic carbocycles. The van der Waals surface area contributed by atoms with E-state index in [0.29, 0.717) is 0 Å². The summed E-state index contributed by atoms with van der Waals surface area (Å²) in [5.74, 6) is -0.311. The average molecular weight is 386 g/mol. The summed E-state index contributed by atoms with van der Waals surface area (Å²) in [4.78, 5) is 31.1. The predicted octanol–water partition coefficient (Wildman–Crippen LogP) is 1.49. The molecule has 0 fully saturated rings. The Morgan fingerprint density at radius 3 is 1.70 bits per heavy atom. The minimum absolute atomic E-state index is 0.248. The fourth-order valence-corrected chi connectivity index (χ4v) is 1.31. The van der Waals surface area contributed by atoms with Gasteiger partial charge in [-0.15, -0.1) is 0 Å². The van der Waals surface area contributed by atoms with Gasteiger partial charge >= 0.3 is 18.2 Å². The zero-order chi connectivity index (χ0) is 21.2. The van der Waals surface area contributed by atoms with Crippen molar-refractivity contribution < 1.29 is 33.7 Å². The van der Waals surface area contributed by atoms with Crippen molar-refractivity contribution in [2.45, 2.75) is 32.5 Å². The zero-order valence-electron chi connectivity index (χ0n) is 16.6. The van der Waals surface area contributed by atoms with E-state index in [9.17, 15) is 14.4 Å². The first kappa shape index (κ1) is 26.4. The Labute approximate surface area is 160 Å². The molecule has 0 radical (unpaired) electrons. The highest BCUT2D eigenvalue weighted by Crippen LogP contribution is 2.04. The molecule has 2 amide bonds. The van der Waals surface area contributed by atoms with E-state index < -0.39 is 24.4 Å². The van der Waals surface area contributed by atoms with Gasteiger partial charge in [0.1, 0.15) is 6.10 Å². The summed E-state index contributed by atoms with van der Waals surface area (Å²) in [7, 11) is 5.65. The second-order valence-corrected chi connectivity index (χ2v) is 5.08. The molecule has 9 heteroatoms. The van der Waals surface area contributed by atoms with Crippen LogP contribution in [0, 0.1) is 0 Å². The van der Waals surface area contributed by atoms with Crippen LogP contribution >= 0.6 is 0 Å². The quantitative estimate of drug-likeness (QED) is 0.529. The van der Waals surface area contributed by atoms with Gasteiger partial charge < -0.3 is 30.0 Å². The second kappa shape index (κ2) is 16.6. The number of hydrogen-bond acceptors (Lipinski definition) is 7. The predicted molar refractivity (Wildman–Crippen MR) is 100 cm³/mol. The number of hydrogen-bond donors (Lipinski definition) is 3. The monoisotopic (exact) mass is 386 g/mol. The van der Waals surface area contributed by atoms with Crippen LogP contribution in [0.3, 0.4) is 0 Å². The van der Waals surface area contributed by atoms with E-state index in [1.165, 1.54) is 28.3 Å². The second-order valence-electron chi connectivity index (χ2n) is 5.08. The molecule has 2 atom stereocenters. The number of aliphatic hydroxyl groups excluding tert-OH is 1. The smallest absolute Gasteiger partial charge is 0.406 e. The third-order valence-electron chi connectivity index (χ3n) is 2.97. The number of nitrogens with one attached hydrogen (secondary N) is 2. The highest BCUT2D eigenvalue weighted by molar-refractivity contribution is 5.72. The topological polar surface area (TPSA) is 123 Å². The lowest BCUT2D eigenvalue weighted by molar-refractivity contribution is -0.152. The fraction of sp³-hybridized carbons (Fsp3) is 0.500. The van der Waals surface area contributed by atoms with Gasteiger partial charge in [0, 0.05) is 14.1 Å². The van der Waals surface area contributed by atoms with Gasteiger partial charge in [0.15, 0.2) is 0 Å². The highest BCUT2D eigenvalue weighted by atomic mass is 16.6. The van der Waals surface area contributed by atoms with Gasteiger partial charge in [-0.1, -0.05) is 30.3 Å². The van der Waals surface area contributed by atoms with Crippen LogP contribution in [-0.2, 0) is 25.4 Å². The third-order valence-corrected chi connectivity index (χ3v) is 2.97. The number of ether oxygens (including phenoxy) is 3. The van der Waals surface area contributed by atoms with Crippen molar-refractivity contribution >= 4 is 18.2 Å². The van der Waals surface area contributed by atoms with Gasteiger partial charge in [-0.3, -0.25) is 4.79 Å². The number of rotatable bonds is 4. The average Bonchev–Trinajstić information content (AvgIpc) is 2.68. The Morgan fingerprint density at radius 1 is 0.963 bits per heavy atom. The molecule has 0 aliphatic heterocycles. The Hall–Kier alpha value is -2.81. The van der Waals surface area contributed by atoms with E-state index in [4.69, 9.17) is 9.84 Å². The fourth-order valence-electron chi connectivity index (χ4n) is 1.31. The first-order chi connectivity index (χ1) is 12.7. The zero-order valence-corrected chi connectivity index (χ0v) is 16.6. The minimum Gasteiger partial charge on any atom is -0.460 e. The van der Waals surface area contributed by atoms with Crippen LogP contribution in [0.4, 0.5) is 9.59 Å². The molecule has 0 heterocycles. The molecular weight excluding hydrogens is 356 g/mol. The molecule has 27 heavy (non-hydrogen) atoms. The third kappa shape index (κ3) is 16.4. The molecule has 0 bridgehead atoms. The van der Waals surface area contributed by atoms with Gasteiger partial charge in [0.2, 0.25) is 0 Å². The number of methoxy groups -OCH3 is 2.